The largest absolute Gasteiger partial charge is 0.348 e. The summed E-state index contributed by atoms with van der Waals surface area (Å²) in [6.45, 7) is 0.623. The minimum Gasteiger partial charge on any atom is -0.348 e. The summed E-state index contributed by atoms with van der Waals surface area (Å²) in [5.41, 5.74) is 4.53. The summed E-state index contributed by atoms with van der Waals surface area (Å²) in [6.07, 6.45) is 0. The van der Waals surface area contributed by atoms with Gasteiger partial charge in [0.05, 0.1) is 0 Å². The zero-order valence-electron chi connectivity index (χ0n) is 11.1. The summed E-state index contributed by atoms with van der Waals surface area (Å²) in [7, 11) is 0. The summed E-state index contributed by atoms with van der Waals surface area (Å²) in [5.74, 6) is 0.0371. The van der Waals surface area contributed by atoms with Crippen LogP contribution in [0, 0.1) is 0 Å². The van der Waals surface area contributed by atoms with Gasteiger partial charge >= 0.3 is 0 Å². The SMILES string of the molecule is O=C1NCc2ccc3c4c(ccc1c24)Sc1ccccc1-3. The fraction of sp³-hybridized carbons (Fsp3) is 0.0556. The highest BCUT2D eigenvalue weighted by molar-refractivity contribution is 7.99. The Kier molecular flexibility index (Phi) is 2.11. The molecule has 5 rings (SSSR count). The van der Waals surface area contributed by atoms with Crippen LogP contribution in [0.1, 0.15) is 15.9 Å². The molecule has 3 aromatic carbocycles. The summed E-state index contributed by atoms with van der Waals surface area (Å²) in [4.78, 5) is 14.7. The highest BCUT2D eigenvalue weighted by atomic mass is 32.2. The van der Waals surface area contributed by atoms with Crippen molar-refractivity contribution in [1.29, 1.82) is 0 Å². The van der Waals surface area contributed by atoms with Gasteiger partial charge in [-0.3, -0.25) is 4.79 Å². The third-order valence-corrected chi connectivity index (χ3v) is 5.43. The van der Waals surface area contributed by atoms with E-state index in [0.717, 1.165) is 10.9 Å². The molecule has 2 nitrogen and oxygen atoms in total. The average Bonchev–Trinajstić information content (AvgIpc) is 2.53. The lowest BCUT2D eigenvalue weighted by Gasteiger charge is -2.25. The van der Waals surface area contributed by atoms with Gasteiger partial charge in [0.25, 0.3) is 5.91 Å². The topological polar surface area (TPSA) is 29.1 Å². The van der Waals surface area contributed by atoms with Crippen molar-refractivity contribution in [2.75, 3.05) is 0 Å². The molecule has 1 amide bonds. The molecule has 0 aromatic heterocycles. The molecule has 3 heteroatoms. The highest BCUT2D eigenvalue weighted by Gasteiger charge is 2.25. The molecule has 1 N–H and O–H groups in total. The summed E-state index contributed by atoms with van der Waals surface area (Å²) >= 11 is 1.80. The zero-order chi connectivity index (χ0) is 14.0. The quantitative estimate of drug-likeness (QED) is 0.525. The lowest BCUT2D eigenvalue weighted by atomic mass is 9.90. The fourth-order valence-corrected chi connectivity index (χ4v) is 4.47. The van der Waals surface area contributed by atoms with E-state index in [0.29, 0.717) is 6.54 Å². The van der Waals surface area contributed by atoms with E-state index in [1.54, 1.807) is 11.8 Å². The number of hydrogen-bond acceptors (Lipinski definition) is 2. The molecule has 0 atom stereocenters. The van der Waals surface area contributed by atoms with Gasteiger partial charge in [0.15, 0.2) is 0 Å². The normalized spacial score (nSPS) is 14.8. The summed E-state index contributed by atoms with van der Waals surface area (Å²) < 4.78 is 0. The second-order valence-corrected chi connectivity index (χ2v) is 6.50. The molecular weight excluding hydrogens is 278 g/mol. The van der Waals surface area contributed by atoms with Crippen LogP contribution in [-0.4, -0.2) is 5.91 Å². The Morgan fingerprint density at radius 1 is 0.810 bits per heavy atom. The van der Waals surface area contributed by atoms with Crippen LogP contribution in [0.4, 0.5) is 0 Å². The number of nitrogens with one attached hydrogen (secondary N) is 1. The molecule has 0 saturated heterocycles. The standard InChI is InChI=1S/C18H11NOS/c20-18-13-7-8-15-17-12(6-5-10(9-19-18)16(13)17)11-3-1-2-4-14(11)21-15/h1-8H,9H2,(H,19,20). The molecule has 0 fully saturated rings. The predicted molar refractivity (Wildman–Crippen MR) is 84.7 cm³/mol. The number of hydrogen-bond donors (Lipinski definition) is 1. The van der Waals surface area contributed by atoms with Crippen LogP contribution in [-0.2, 0) is 6.54 Å². The first-order chi connectivity index (χ1) is 10.3. The van der Waals surface area contributed by atoms with Crippen molar-refractivity contribution in [3.63, 3.8) is 0 Å². The Morgan fingerprint density at radius 2 is 1.67 bits per heavy atom. The molecular formula is C18H11NOS. The minimum absolute atomic E-state index is 0.0371. The Hall–Kier alpha value is -2.26. The molecule has 3 aromatic rings. The van der Waals surface area contributed by atoms with E-state index in [1.807, 2.05) is 6.07 Å². The minimum atomic E-state index is 0.0371. The number of benzene rings is 3. The van der Waals surface area contributed by atoms with Gasteiger partial charge in [-0.2, -0.15) is 0 Å². The summed E-state index contributed by atoms with van der Waals surface area (Å²) in [5, 5.41) is 5.32. The average molecular weight is 289 g/mol. The fourth-order valence-electron chi connectivity index (χ4n) is 3.35. The van der Waals surface area contributed by atoms with Crippen molar-refractivity contribution in [3.05, 3.63) is 59.7 Å². The van der Waals surface area contributed by atoms with Crippen LogP contribution >= 0.6 is 11.8 Å². The Balaban J connectivity index is 1.99. The molecule has 0 aliphatic carbocycles. The van der Waals surface area contributed by atoms with Gasteiger partial charge < -0.3 is 5.32 Å². The van der Waals surface area contributed by atoms with Crippen LogP contribution in [0.5, 0.6) is 0 Å². The maximum Gasteiger partial charge on any atom is 0.252 e. The van der Waals surface area contributed by atoms with Crippen LogP contribution < -0.4 is 5.32 Å². The van der Waals surface area contributed by atoms with Crippen LogP contribution in [0.15, 0.2) is 58.3 Å². The van der Waals surface area contributed by atoms with Crippen molar-refractivity contribution in [2.45, 2.75) is 16.3 Å². The van der Waals surface area contributed by atoms with Crippen LogP contribution in [0.25, 0.3) is 21.9 Å². The van der Waals surface area contributed by atoms with E-state index in [4.69, 9.17) is 0 Å². The van der Waals surface area contributed by atoms with Crippen molar-refractivity contribution in [2.24, 2.45) is 0 Å². The van der Waals surface area contributed by atoms with E-state index in [9.17, 15) is 4.79 Å². The number of amides is 1. The molecule has 0 unspecified atom stereocenters. The molecule has 0 spiro atoms. The van der Waals surface area contributed by atoms with Crippen LogP contribution in [0.3, 0.4) is 0 Å². The molecule has 100 valence electrons. The Morgan fingerprint density at radius 3 is 2.62 bits per heavy atom. The lowest BCUT2D eigenvalue weighted by molar-refractivity contribution is 0.0949. The van der Waals surface area contributed by atoms with Gasteiger partial charge in [-0.15, -0.1) is 0 Å². The van der Waals surface area contributed by atoms with Crippen molar-refractivity contribution < 1.29 is 4.79 Å². The number of rotatable bonds is 0. The zero-order valence-corrected chi connectivity index (χ0v) is 12.0. The monoisotopic (exact) mass is 289 g/mol. The molecule has 2 heterocycles. The van der Waals surface area contributed by atoms with Crippen molar-refractivity contribution >= 4 is 28.4 Å². The van der Waals surface area contributed by atoms with Gasteiger partial charge in [-0.1, -0.05) is 42.1 Å². The van der Waals surface area contributed by atoms with Gasteiger partial charge in [-0.25, -0.2) is 0 Å². The summed E-state index contributed by atoms with van der Waals surface area (Å²) in [6, 6.07) is 16.9. The van der Waals surface area contributed by atoms with E-state index in [2.05, 4.69) is 47.8 Å². The van der Waals surface area contributed by atoms with Gasteiger partial charge in [0.2, 0.25) is 0 Å². The number of carbonyl (C=O) groups is 1. The Labute approximate surface area is 126 Å². The number of fused-ring (bicyclic) bond motifs is 2. The molecule has 2 aliphatic heterocycles. The van der Waals surface area contributed by atoms with Gasteiger partial charge in [0.1, 0.15) is 0 Å². The third kappa shape index (κ3) is 1.41. The Bertz CT molecular complexity index is 945. The van der Waals surface area contributed by atoms with E-state index >= 15 is 0 Å². The molecule has 21 heavy (non-hydrogen) atoms. The van der Waals surface area contributed by atoms with Crippen molar-refractivity contribution in [1.82, 2.24) is 5.32 Å². The van der Waals surface area contributed by atoms with E-state index < -0.39 is 0 Å². The van der Waals surface area contributed by atoms with E-state index in [-0.39, 0.29) is 5.91 Å². The molecule has 0 bridgehead atoms. The first kappa shape index (κ1) is 11.4. The second-order valence-electron chi connectivity index (χ2n) is 5.41. The van der Waals surface area contributed by atoms with Gasteiger partial charge in [0, 0.05) is 32.7 Å². The van der Waals surface area contributed by atoms with Crippen molar-refractivity contribution in [3.8, 4) is 11.1 Å². The first-order valence-electron chi connectivity index (χ1n) is 6.97. The maximum absolute atomic E-state index is 12.1. The number of carbonyl (C=O) groups excluding carboxylic acids is 1. The molecule has 0 radical (unpaired) electrons. The third-order valence-electron chi connectivity index (χ3n) is 4.29. The lowest BCUT2D eigenvalue weighted by Crippen LogP contribution is -2.27. The molecule has 0 saturated carbocycles. The molecule has 2 aliphatic rings. The second kappa shape index (κ2) is 3.89. The van der Waals surface area contributed by atoms with E-state index in [1.165, 1.54) is 31.9 Å². The smallest absolute Gasteiger partial charge is 0.252 e. The predicted octanol–water partition coefficient (Wildman–Crippen LogP) is 4.21. The first-order valence-corrected chi connectivity index (χ1v) is 7.78. The van der Waals surface area contributed by atoms with Gasteiger partial charge in [-0.05, 0) is 34.9 Å². The highest BCUT2D eigenvalue weighted by Crippen LogP contribution is 2.49. The maximum atomic E-state index is 12.1. The van der Waals surface area contributed by atoms with Crippen LogP contribution in [0.2, 0.25) is 0 Å².